The number of aromatic amines is 2. The lowest BCUT2D eigenvalue weighted by Crippen LogP contribution is -2.51. The summed E-state index contributed by atoms with van der Waals surface area (Å²) < 4.78 is 39.2. The van der Waals surface area contributed by atoms with E-state index in [1.807, 2.05) is 55.1 Å². The third-order valence-electron chi connectivity index (χ3n) is 14.7. The number of H-pyrrole nitrogens is 2. The summed E-state index contributed by atoms with van der Waals surface area (Å²) in [5.74, 6) is -0.748. The minimum atomic E-state index is -1.21. The minimum absolute atomic E-state index is 0.00134. The summed E-state index contributed by atoms with van der Waals surface area (Å²) in [6, 6.07) is 15.6. The van der Waals surface area contributed by atoms with Crippen molar-refractivity contribution >= 4 is 57.4 Å². The molecule has 18 heteroatoms. The van der Waals surface area contributed by atoms with E-state index in [0.29, 0.717) is 84.4 Å². The van der Waals surface area contributed by atoms with E-state index in [2.05, 4.69) is 27.1 Å². The molecule has 3 aromatic carbocycles. The Kier molecular flexibility index (Phi) is 13.3. The van der Waals surface area contributed by atoms with Crippen LogP contribution in [0.15, 0.2) is 66.9 Å². The predicted octanol–water partition coefficient (Wildman–Crippen LogP) is 9.82. The number of nitrogens with one attached hydrogen (secondary N) is 3. The van der Waals surface area contributed by atoms with Crippen LogP contribution in [0.4, 0.5) is 29.7 Å². The van der Waals surface area contributed by atoms with Crippen LogP contribution < -0.4 is 15.1 Å². The molecule has 3 amide bonds. The van der Waals surface area contributed by atoms with E-state index in [1.54, 1.807) is 37.1 Å². The first-order valence-electron chi connectivity index (χ1n) is 24.4. The van der Waals surface area contributed by atoms with Gasteiger partial charge in [0, 0.05) is 38.6 Å². The lowest BCUT2D eigenvalue weighted by Gasteiger charge is -2.35. The summed E-state index contributed by atoms with van der Waals surface area (Å²) in [5, 5.41) is 12.5. The maximum absolute atomic E-state index is 16.5. The number of fused-ring (bicyclic) bond motifs is 2. The standard InChI is InChI=1S/C52H62F2N10O6/c1-28(2)44(59-51(67)70-7)49(65)62-20-8-10-42(62)47-55-36-14-12-31(24-38(36)57-47)40-16-17-41(64(40)33-26-34(53)46(35(54)27-33)61-22-18-30(5)19-23-61)32-13-15-37-39(25-32)58-48(56-37)43-11-9-21-63(43)50(66)45(29(3)4)60(6)52(68)69/h9,11-15,21,24-30,40-42,44-45H,8,10,16-20,22-23H2,1-7H3,(H,55,57)(H,56,58)(H,59,67)(H,68,69)/t40-,41?,42?,44?,45+/m1/s1. The third kappa shape index (κ3) is 9.03. The number of hydrogen-bond acceptors (Lipinski definition) is 9. The van der Waals surface area contributed by atoms with Crippen LogP contribution in [0.25, 0.3) is 33.6 Å². The SMILES string of the molecule is COC(=O)NC(C(=O)N1CCCC1c1nc2ccc([C@H]3CCC(c4ccc5nc(-c6cccn6C(=O)[C@H](C(C)C)N(C)C(=O)O)[nH]c5c4)N3c3cc(F)c(N4CCC(C)CC4)c(F)c3)cc2[nH]1)C(C)C. The number of aromatic nitrogens is 5. The zero-order chi connectivity index (χ0) is 49.7. The van der Waals surface area contributed by atoms with E-state index in [4.69, 9.17) is 14.7 Å². The topological polar surface area (TPSA) is 185 Å². The van der Waals surface area contributed by atoms with Crippen LogP contribution >= 0.6 is 0 Å². The molecule has 0 saturated carbocycles. The van der Waals surface area contributed by atoms with Gasteiger partial charge >= 0.3 is 12.2 Å². The van der Waals surface area contributed by atoms with E-state index < -0.39 is 41.8 Å². The number of carbonyl (C=O) groups is 4. The zero-order valence-electron chi connectivity index (χ0n) is 40.7. The predicted molar refractivity (Wildman–Crippen MR) is 263 cm³/mol. The summed E-state index contributed by atoms with van der Waals surface area (Å²) in [6.07, 6.45) is 4.22. The molecule has 16 nitrogen and oxygen atoms in total. The van der Waals surface area contributed by atoms with Crippen LogP contribution in [-0.4, -0.2) is 109 Å². The molecule has 5 atom stereocenters. The zero-order valence-corrected chi connectivity index (χ0v) is 40.7. The highest BCUT2D eigenvalue weighted by atomic mass is 19.1. The van der Waals surface area contributed by atoms with Crippen molar-refractivity contribution in [2.24, 2.45) is 17.8 Å². The lowest BCUT2D eigenvalue weighted by atomic mass is 9.98. The Labute approximate surface area is 405 Å². The number of carbonyl (C=O) groups excluding carboxylic acids is 3. The van der Waals surface area contributed by atoms with Crippen LogP contribution in [0.1, 0.15) is 113 Å². The molecule has 0 spiro atoms. The van der Waals surface area contributed by atoms with E-state index in [-0.39, 0.29) is 41.6 Å². The average Bonchev–Trinajstić information content (AvgIpc) is 4.19. The second-order valence-electron chi connectivity index (χ2n) is 19.9. The number of rotatable bonds is 12. The fraction of sp³-hybridized carbons (Fsp3) is 0.462. The molecular formula is C52H62F2N10O6. The van der Waals surface area contributed by atoms with Crippen molar-refractivity contribution in [2.75, 3.05) is 43.6 Å². The van der Waals surface area contributed by atoms with Crippen molar-refractivity contribution in [3.8, 4) is 11.5 Å². The average molecular weight is 961 g/mol. The van der Waals surface area contributed by atoms with Gasteiger partial charge in [0.05, 0.1) is 53.0 Å². The number of ether oxygens (including phenoxy) is 1. The largest absolute Gasteiger partial charge is 0.465 e. The number of amides is 3. The maximum atomic E-state index is 16.5. The van der Waals surface area contributed by atoms with Crippen molar-refractivity contribution in [1.29, 1.82) is 0 Å². The van der Waals surface area contributed by atoms with E-state index in [9.17, 15) is 24.3 Å². The Morgan fingerprint density at radius 2 is 1.43 bits per heavy atom. The van der Waals surface area contributed by atoms with Crippen molar-refractivity contribution in [3.05, 3.63) is 95.4 Å². The van der Waals surface area contributed by atoms with Crippen molar-refractivity contribution in [2.45, 2.75) is 103 Å². The van der Waals surface area contributed by atoms with Crippen molar-refractivity contribution < 1.29 is 37.8 Å². The molecule has 70 heavy (non-hydrogen) atoms. The van der Waals surface area contributed by atoms with E-state index >= 15 is 8.78 Å². The van der Waals surface area contributed by atoms with Gasteiger partial charge in [-0.3, -0.25) is 19.1 Å². The number of piperidine rings is 1. The Morgan fingerprint density at radius 1 is 0.800 bits per heavy atom. The highest BCUT2D eigenvalue weighted by molar-refractivity contribution is 5.91. The molecule has 3 unspecified atom stereocenters. The fourth-order valence-corrected chi connectivity index (χ4v) is 10.9. The monoisotopic (exact) mass is 960 g/mol. The molecular weight excluding hydrogens is 899 g/mol. The highest BCUT2D eigenvalue weighted by Crippen LogP contribution is 2.49. The number of methoxy groups -OCH3 is 1. The summed E-state index contributed by atoms with van der Waals surface area (Å²) >= 11 is 0. The highest BCUT2D eigenvalue weighted by Gasteiger charge is 2.40. The first-order chi connectivity index (χ1) is 33.5. The number of nitrogens with zero attached hydrogens (tertiary/aromatic N) is 7. The molecule has 3 aromatic heterocycles. The number of likely N-dealkylation sites (tertiary alicyclic amines) is 1. The van der Waals surface area contributed by atoms with Crippen LogP contribution in [0.3, 0.4) is 0 Å². The van der Waals surface area contributed by atoms with Gasteiger partial charge in [0.15, 0.2) is 17.5 Å². The van der Waals surface area contributed by atoms with Crippen LogP contribution in [-0.2, 0) is 9.53 Å². The van der Waals surface area contributed by atoms with Crippen molar-refractivity contribution in [3.63, 3.8) is 0 Å². The summed E-state index contributed by atoms with van der Waals surface area (Å²) in [6.45, 7) is 11.2. The minimum Gasteiger partial charge on any atom is -0.465 e. The second-order valence-corrected chi connectivity index (χ2v) is 19.9. The molecule has 4 N–H and O–H groups in total. The smallest absolute Gasteiger partial charge is 0.407 e. The van der Waals surface area contributed by atoms with Gasteiger partial charge in [-0.2, -0.15) is 0 Å². The van der Waals surface area contributed by atoms with Gasteiger partial charge in [-0.15, -0.1) is 0 Å². The molecule has 3 fully saturated rings. The quantitative estimate of drug-likeness (QED) is 0.0921. The molecule has 3 aliphatic heterocycles. The van der Waals surface area contributed by atoms with Gasteiger partial charge in [-0.05, 0) is 116 Å². The molecule has 0 aliphatic carbocycles. The summed E-state index contributed by atoms with van der Waals surface area (Å²) in [7, 11) is 2.66. The second kappa shape index (κ2) is 19.4. The molecule has 9 rings (SSSR count). The van der Waals surface area contributed by atoms with Gasteiger partial charge < -0.3 is 39.8 Å². The number of anilines is 2. The van der Waals surface area contributed by atoms with Crippen LogP contribution in [0, 0.1) is 29.4 Å². The number of halogens is 2. The Balaban J connectivity index is 1.06. The van der Waals surface area contributed by atoms with Crippen LogP contribution in [0.2, 0.25) is 0 Å². The number of likely N-dealkylation sites (N-methyl/N-ethyl adjacent to an activating group) is 1. The molecule has 6 aromatic rings. The normalized spacial score (nSPS) is 19.7. The lowest BCUT2D eigenvalue weighted by molar-refractivity contribution is -0.135. The Hall–Kier alpha value is -6.98. The summed E-state index contributed by atoms with van der Waals surface area (Å²) in [4.78, 5) is 75.4. The number of imidazole rings is 2. The molecule has 3 saturated heterocycles. The third-order valence-corrected chi connectivity index (χ3v) is 14.7. The van der Waals surface area contributed by atoms with E-state index in [0.717, 1.165) is 40.8 Å². The molecule has 6 heterocycles. The summed E-state index contributed by atoms with van der Waals surface area (Å²) in [5.41, 5.74) is 5.51. The number of carboxylic acid groups (broad SMARTS) is 1. The van der Waals surface area contributed by atoms with Gasteiger partial charge in [-0.1, -0.05) is 46.8 Å². The number of hydrogen-bond donors (Lipinski definition) is 4. The molecule has 370 valence electrons. The van der Waals surface area contributed by atoms with E-state index in [1.165, 1.54) is 30.9 Å². The fourth-order valence-electron chi connectivity index (χ4n) is 10.9. The number of benzene rings is 3. The van der Waals surface area contributed by atoms with Gasteiger partial charge in [0.1, 0.15) is 23.6 Å². The van der Waals surface area contributed by atoms with Crippen LogP contribution in [0.5, 0.6) is 0 Å². The Bertz CT molecular complexity index is 2910. The molecule has 3 aliphatic rings. The molecule has 0 radical (unpaired) electrons. The van der Waals surface area contributed by atoms with Gasteiger partial charge in [0.2, 0.25) is 5.91 Å². The van der Waals surface area contributed by atoms with Gasteiger partial charge in [-0.25, -0.2) is 28.3 Å². The number of alkyl carbamates (subject to hydrolysis) is 1. The molecule has 0 bridgehead atoms. The Morgan fingerprint density at radius 3 is 2.03 bits per heavy atom. The first kappa shape index (κ1) is 48.1. The van der Waals surface area contributed by atoms with Crippen molar-refractivity contribution in [1.82, 2.24) is 39.6 Å². The van der Waals surface area contributed by atoms with Gasteiger partial charge in [0.25, 0.3) is 5.91 Å². The first-order valence-corrected chi connectivity index (χ1v) is 24.4. The maximum Gasteiger partial charge on any atom is 0.407 e.